The topological polar surface area (TPSA) is 56.2 Å². The van der Waals surface area contributed by atoms with Crippen molar-refractivity contribution in [2.45, 2.75) is 18.1 Å². The summed E-state index contributed by atoms with van der Waals surface area (Å²) in [6, 6.07) is 15.1. The average molecular weight is 402 g/mol. The van der Waals surface area contributed by atoms with E-state index in [1.54, 1.807) is 13.3 Å². The molecular weight excluding hydrogens is 382 g/mol. The highest BCUT2D eigenvalue weighted by Gasteiger charge is 2.13. The van der Waals surface area contributed by atoms with E-state index >= 15 is 0 Å². The summed E-state index contributed by atoms with van der Waals surface area (Å²) in [5, 5.41) is 4.39. The summed E-state index contributed by atoms with van der Waals surface area (Å²) in [5.41, 5.74) is 1.90. The van der Waals surface area contributed by atoms with Gasteiger partial charge < -0.3 is 10.1 Å². The number of imidazole rings is 1. The maximum atomic E-state index is 12.3. The molecule has 0 saturated carbocycles. The van der Waals surface area contributed by atoms with Gasteiger partial charge in [-0.2, -0.15) is 0 Å². The van der Waals surface area contributed by atoms with E-state index in [1.807, 2.05) is 66.2 Å². The van der Waals surface area contributed by atoms with Gasteiger partial charge in [0.15, 0.2) is 5.16 Å². The van der Waals surface area contributed by atoms with Crippen LogP contribution in [0.5, 0.6) is 5.75 Å². The third kappa shape index (κ3) is 5.05. The van der Waals surface area contributed by atoms with Crippen molar-refractivity contribution in [3.8, 4) is 11.4 Å². The fourth-order valence-corrected chi connectivity index (χ4v) is 3.61. The number of methoxy groups -OCH3 is 1. The van der Waals surface area contributed by atoms with Crippen LogP contribution >= 0.6 is 23.4 Å². The minimum Gasteiger partial charge on any atom is -0.497 e. The van der Waals surface area contributed by atoms with Crippen molar-refractivity contribution in [1.82, 2.24) is 14.9 Å². The summed E-state index contributed by atoms with van der Waals surface area (Å²) < 4.78 is 7.20. The smallest absolute Gasteiger partial charge is 0.230 e. The lowest BCUT2D eigenvalue weighted by molar-refractivity contribution is -0.119. The van der Waals surface area contributed by atoms with Gasteiger partial charge in [0.1, 0.15) is 5.75 Å². The van der Waals surface area contributed by atoms with Gasteiger partial charge in [0.2, 0.25) is 5.91 Å². The molecule has 2 aromatic carbocycles. The van der Waals surface area contributed by atoms with Crippen LogP contribution in [0.1, 0.15) is 18.5 Å². The lowest BCUT2D eigenvalue weighted by atomic mass is 10.1. The number of hydrogen-bond donors (Lipinski definition) is 1. The minimum atomic E-state index is -0.116. The van der Waals surface area contributed by atoms with Crippen molar-refractivity contribution in [1.29, 1.82) is 0 Å². The Kier molecular flexibility index (Phi) is 6.42. The molecule has 1 heterocycles. The van der Waals surface area contributed by atoms with E-state index in [2.05, 4.69) is 10.3 Å². The predicted molar refractivity (Wildman–Crippen MR) is 109 cm³/mol. The van der Waals surface area contributed by atoms with Crippen LogP contribution in [0.2, 0.25) is 5.02 Å². The van der Waals surface area contributed by atoms with Crippen LogP contribution in [0.4, 0.5) is 0 Å². The molecule has 0 fully saturated rings. The Labute approximate surface area is 167 Å². The third-order valence-corrected chi connectivity index (χ3v) is 5.20. The summed E-state index contributed by atoms with van der Waals surface area (Å²) in [6.45, 7) is 1.94. The van der Waals surface area contributed by atoms with Crippen LogP contribution in [-0.4, -0.2) is 28.3 Å². The number of ether oxygens (including phenoxy) is 1. The summed E-state index contributed by atoms with van der Waals surface area (Å²) in [7, 11) is 1.63. The molecule has 7 heteroatoms. The Hall–Kier alpha value is -2.44. The van der Waals surface area contributed by atoms with E-state index in [0.29, 0.717) is 5.02 Å². The van der Waals surface area contributed by atoms with Gasteiger partial charge in [0.25, 0.3) is 0 Å². The summed E-state index contributed by atoms with van der Waals surface area (Å²) in [5.74, 6) is 0.976. The zero-order chi connectivity index (χ0) is 19.2. The molecule has 1 N–H and O–H groups in total. The molecule has 1 atom stereocenters. The number of aromatic nitrogens is 2. The highest BCUT2D eigenvalue weighted by atomic mass is 35.5. The molecule has 0 aliphatic heterocycles. The second-order valence-corrected chi connectivity index (χ2v) is 7.29. The van der Waals surface area contributed by atoms with E-state index in [1.165, 1.54) is 11.8 Å². The van der Waals surface area contributed by atoms with Crippen molar-refractivity contribution >= 4 is 29.3 Å². The maximum absolute atomic E-state index is 12.3. The van der Waals surface area contributed by atoms with Gasteiger partial charge in [-0.1, -0.05) is 41.6 Å². The highest BCUT2D eigenvalue weighted by Crippen LogP contribution is 2.23. The molecule has 0 saturated heterocycles. The minimum absolute atomic E-state index is 0.0623. The molecule has 140 valence electrons. The molecule has 3 aromatic rings. The maximum Gasteiger partial charge on any atom is 0.230 e. The molecule has 1 aromatic heterocycles. The number of benzene rings is 2. The molecule has 3 rings (SSSR count). The number of hydrogen-bond acceptors (Lipinski definition) is 4. The molecule has 1 amide bonds. The number of carbonyl (C=O) groups is 1. The first kappa shape index (κ1) is 19.3. The van der Waals surface area contributed by atoms with E-state index in [0.717, 1.165) is 22.2 Å². The van der Waals surface area contributed by atoms with Crippen LogP contribution in [0.3, 0.4) is 0 Å². The SMILES string of the molecule is COc1cccc(-n2ccnc2SCC(=O)N[C@@H](C)c2cccc(Cl)c2)c1. The fourth-order valence-electron chi connectivity index (χ4n) is 2.63. The first-order chi connectivity index (χ1) is 13.1. The van der Waals surface area contributed by atoms with Gasteiger partial charge in [-0.15, -0.1) is 0 Å². The molecular formula is C20H20ClN3O2S. The summed E-state index contributed by atoms with van der Waals surface area (Å²) in [6.07, 6.45) is 3.58. The van der Waals surface area contributed by atoms with Crippen molar-refractivity contribution in [3.63, 3.8) is 0 Å². The number of nitrogens with one attached hydrogen (secondary N) is 1. The standard InChI is InChI=1S/C20H20ClN3O2S/c1-14(15-5-3-6-16(21)11-15)23-19(25)13-27-20-22-9-10-24(20)17-7-4-8-18(12-17)26-2/h3-12,14H,13H2,1-2H3,(H,23,25)/t14-/m0/s1. The Morgan fingerprint density at radius 2 is 2.11 bits per heavy atom. The van der Waals surface area contributed by atoms with E-state index < -0.39 is 0 Å². The van der Waals surface area contributed by atoms with Crippen molar-refractivity contribution in [2.75, 3.05) is 12.9 Å². The Morgan fingerprint density at radius 3 is 2.89 bits per heavy atom. The van der Waals surface area contributed by atoms with Crippen LogP contribution in [0.15, 0.2) is 66.1 Å². The number of thioether (sulfide) groups is 1. The van der Waals surface area contributed by atoms with Gasteiger partial charge in [0, 0.05) is 23.5 Å². The lowest BCUT2D eigenvalue weighted by Crippen LogP contribution is -2.28. The average Bonchev–Trinajstić information content (AvgIpc) is 3.15. The zero-order valence-corrected chi connectivity index (χ0v) is 16.6. The largest absolute Gasteiger partial charge is 0.497 e. The zero-order valence-electron chi connectivity index (χ0n) is 15.1. The molecule has 0 aliphatic carbocycles. The van der Waals surface area contributed by atoms with Crippen LogP contribution in [-0.2, 0) is 4.79 Å². The number of amides is 1. The number of rotatable bonds is 7. The number of nitrogens with zero attached hydrogens (tertiary/aromatic N) is 2. The fraction of sp³-hybridized carbons (Fsp3) is 0.200. The molecule has 0 aliphatic rings. The first-order valence-electron chi connectivity index (χ1n) is 8.42. The highest BCUT2D eigenvalue weighted by molar-refractivity contribution is 7.99. The Balaban J connectivity index is 1.62. The number of carbonyl (C=O) groups excluding carboxylic acids is 1. The molecule has 0 unspecified atom stereocenters. The monoisotopic (exact) mass is 401 g/mol. The molecule has 0 bridgehead atoms. The van der Waals surface area contributed by atoms with Crippen molar-refractivity contribution in [2.24, 2.45) is 0 Å². The molecule has 5 nitrogen and oxygen atoms in total. The summed E-state index contributed by atoms with van der Waals surface area (Å²) >= 11 is 7.40. The van der Waals surface area contributed by atoms with Gasteiger partial charge in [0.05, 0.1) is 24.6 Å². The van der Waals surface area contributed by atoms with Crippen molar-refractivity contribution in [3.05, 3.63) is 71.5 Å². The first-order valence-corrected chi connectivity index (χ1v) is 9.78. The normalized spacial score (nSPS) is 11.8. The van der Waals surface area contributed by atoms with E-state index in [9.17, 15) is 4.79 Å². The van der Waals surface area contributed by atoms with Crippen LogP contribution in [0, 0.1) is 0 Å². The third-order valence-electron chi connectivity index (χ3n) is 4.00. The lowest BCUT2D eigenvalue weighted by Gasteiger charge is -2.14. The van der Waals surface area contributed by atoms with E-state index in [-0.39, 0.29) is 17.7 Å². The summed E-state index contributed by atoms with van der Waals surface area (Å²) in [4.78, 5) is 16.7. The second kappa shape index (κ2) is 8.97. The van der Waals surface area contributed by atoms with Gasteiger partial charge >= 0.3 is 0 Å². The predicted octanol–water partition coefficient (Wildman–Crippen LogP) is 4.50. The van der Waals surface area contributed by atoms with Gasteiger partial charge in [-0.25, -0.2) is 4.98 Å². The van der Waals surface area contributed by atoms with Gasteiger partial charge in [-0.05, 0) is 36.8 Å². The Morgan fingerprint density at radius 1 is 1.30 bits per heavy atom. The van der Waals surface area contributed by atoms with Gasteiger partial charge in [-0.3, -0.25) is 9.36 Å². The van der Waals surface area contributed by atoms with Crippen molar-refractivity contribution < 1.29 is 9.53 Å². The molecule has 0 spiro atoms. The van der Waals surface area contributed by atoms with Crippen LogP contribution < -0.4 is 10.1 Å². The Bertz CT molecular complexity index is 929. The number of halogens is 1. The molecule has 0 radical (unpaired) electrons. The van der Waals surface area contributed by atoms with E-state index in [4.69, 9.17) is 16.3 Å². The molecule has 27 heavy (non-hydrogen) atoms. The quantitative estimate of drug-likeness (QED) is 0.592. The van der Waals surface area contributed by atoms with Crippen LogP contribution in [0.25, 0.3) is 5.69 Å². The second-order valence-electron chi connectivity index (χ2n) is 5.91.